The molecular weight excluding hydrogens is 302 g/mol. The Kier molecular flexibility index (Phi) is 3.45. The van der Waals surface area contributed by atoms with Crippen molar-refractivity contribution < 1.29 is 13.6 Å². The van der Waals surface area contributed by atoms with Gasteiger partial charge in [-0.2, -0.15) is 0 Å². The lowest BCUT2D eigenvalue weighted by Crippen LogP contribution is -2.13. The lowest BCUT2D eigenvalue weighted by Gasteiger charge is -1.98. The van der Waals surface area contributed by atoms with Crippen LogP contribution in [0.3, 0.4) is 0 Å². The molecule has 1 N–H and O–H groups in total. The van der Waals surface area contributed by atoms with Crippen molar-refractivity contribution in [2.75, 3.05) is 5.32 Å². The van der Waals surface area contributed by atoms with Crippen LogP contribution < -0.4 is 5.32 Å². The van der Waals surface area contributed by atoms with Crippen LogP contribution in [0.15, 0.2) is 29.6 Å². The van der Waals surface area contributed by atoms with Crippen molar-refractivity contribution in [3.8, 4) is 0 Å². The standard InChI is InChI=1S/C13H8F2N2OS2/c14-7-4-9(15)12-10(5-7)20-13(17-12)16-11(18)6-8-2-1-3-19-8/h1-5H,6H2,(H,16,17,18). The van der Waals surface area contributed by atoms with Gasteiger partial charge in [-0.1, -0.05) is 17.4 Å². The Morgan fingerprint density at radius 1 is 1.35 bits per heavy atom. The maximum absolute atomic E-state index is 13.5. The highest BCUT2D eigenvalue weighted by Crippen LogP contribution is 2.28. The van der Waals surface area contributed by atoms with E-state index in [1.165, 1.54) is 17.4 Å². The van der Waals surface area contributed by atoms with Gasteiger partial charge in [0.15, 0.2) is 10.9 Å². The number of thiazole rings is 1. The van der Waals surface area contributed by atoms with Crippen LogP contribution >= 0.6 is 22.7 Å². The normalized spacial score (nSPS) is 10.9. The number of hydrogen-bond donors (Lipinski definition) is 1. The predicted molar refractivity (Wildman–Crippen MR) is 76.2 cm³/mol. The van der Waals surface area contributed by atoms with E-state index in [2.05, 4.69) is 10.3 Å². The maximum atomic E-state index is 13.5. The van der Waals surface area contributed by atoms with Crippen LogP contribution in [0, 0.1) is 11.6 Å². The van der Waals surface area contributed by atoms with E-state index in [9.17, 15) is 13.6 Å². The fourth-order valence-electron chi connectivity index (χ4n) is 1.75. The molecule has 0 saturated heterocycles. The summed E-state index contributed by atoms with van der Waals surface area (Å²) in [5.74, 6) is -1.61. The van der Waals surface area contributed by atoms with Gasteiger partial charge in [-0.15, -0.1) is 11.3 Å². The number of fused-ring (bicyclic) bond motifs is 1. The first-order chi connectivity index (χ1) is 9.61. The number of benzene rings is 1. The van der Waals surface area contributed by atoms with E-state index in [-0.39, 0.29) is 23.0 Å². The number of aromatic nitrogens is 1. The Morgan fingerprint density at radius 3 is 2.95 bits per heavy atom. The summed E-state index contributed by atoms with van der Waals surface area (Å²) in [6.07, 6.45) is 0.241. The molecule has 102 valence electrons. The van der Waals surface area contributed by atoms with E-state index in [4.69, 9.17) is 0 Å². The lowest BCUT2D eigenvalue weighted by molar-refractivity contribution is -0.115. The van der Waals surface area contributed by atoms with E-state index >= 15 is 0 Å². The molecule has 7 heteroatoms. The van der Waals surface area contributed by atoms with Gasteiger partial charge in [0.25, 0.3) is 0 Å². The molecule has 0 unspecified atom stereocenters. The highest BCUT2D eigenvalue weighted by Gasteiger charge is 2.12. The van der Waals surface area contributed by atoms with Gasteiger partial charge in [0.2, 0.25) is 5.91 Å². The zero-order chi connectivity index (χ0) is 14.1. The van der Waals surface area contributed by atoms with E-state index in [0.29, 0.717) is 4.70 Å². The van der Waals surface area contributed by atoms with Crippen molar-refractivity contribution >= 4 is 43.9 Å². The van der Waals surface area contributed by atoms with Gasteiger partial charge in [-0.05, 0) is 17.5 Å². The summed E-state index contributed by atoms with van der Waals surface area (Å²) >= 11 is 2.53. The monoisotopic (exact) mass is 310 g/mol. The van der Waals surface area contributed by atoms with Crippen LogP contribution in [-0.2, 0) is 11.2 Å². The zero-order valence-electron chi connectivity index (χ0n) is 10.0. The number of nitrogens with zero attached hydrogens (tertiary/aromatic N) is 1. The molecule has 20 heavy (non-hydrogen) atoms. The van der Waals surface area contributed by atoms with Crippen molar-refractivity contribution in [1.29, 1.82) is 0 Å². The number of halogens is 2. The molecule has 0 radical (unpaired) electrons. The van der Waals surface area contributed by atoms with E-state index in [1.807, 2.05) is 17.5 Å². The summed E-state index contributed by atoms with van der Waals surface area (Å²) in [6, 6.07) is 5.70. The van der Waals surface area contributed by atoms with Gasteiger partial charge in [-0.25, -0.2) is 13.8 Å². The van der Waals surface area contributed by atoms with Crippen molar-refractivity contribution in [2.45, 2.75) is 6.42 Å². The number of thiophene rings is 1. The van der Waals surface area contributed by atoms with Crippen LogP contribution in [0.2, 0.25) is 0 Å². The molecule has 0 spiro atoms. The van der Waals surface area contributed by atoms with Crippen LogP contribution in [0.5, 0.6) is 0 Å². The Morgan fingerprint density at radius 2 is 2.20 bits per heavy atom. The first kappa shape index (κ1) is 13.1. The first-order valence-corrected chi connectivity index (χ1v) is 7.39. The zero-order valence-corrected chi connectivity index (χ0v) is 11.7. The van der Waals surface area contributed by atoms with Gasteiger partial charge < -0.3 is 5.32 Å². The molecule has 2 heterocycles. The van der Waals surface area contributed by atoms with Crippen LogP contribution in [0.4, 0.5) is 13.9 Å². The van der Waals surface area contributed by atoms with E-state index in [1.54, 1.807) is 0 Å². The van der Waals surface area contributed by atoms with Gasteiger partial charge in [0.05, 0.1) is 11.1 Å². The number of nitrogens with one attached hydrogen (secondary N) is 1. The quantitative estimate of drug-likeness (QED) is 0.799. The molecule has 0 aliphatic heterocycles. The Hall–Kier alpha value is -1.86. The average molecular weight is 310 g/mol. The van der Waals surface area contributed by atoms with Gasteiger partial charge >= 0.3 is 0 Å². The SMILES string of the molecule is O=C(Cc1cccs1)Nc1nc2c(F)cc(F)cc2s1. The third-order valence-electron chi connectivity index (χ3n) is 2.57. The molecule has 0 fully saturated rings. The molecule has 0 bridgehead atoms. The summed E-state index contributed by atoms with van der Waals surface area (Å²) in [6.45, 7) is 0. The molecule has 0 aliphatic rings. The Labute approximate surface area is 120 Å². The summed E-state index contributed by atoms with van der Waals surface area (Å²) in [5.41, 5.74) is 0.0721. The van der Waals surface area contributed by atoms with E-state index in [0.717, 1.165) is 22.3 Å². The molecule has 1 amide bonds. The summed E-state index contributed by atoms with van der Waals surface area (Å²) in [5, 5.41) is 4.76. The predicted octanol–water partition coefficient (Wildman–Crippen LogP) is 3.82. The van der Waals surface area contributed by atoms with Gasteiger partial charge in [-0.3, -0.25) is 4.79 Å². The van der Waals surface area contributed by atoms with Crippen molar-refractivity contribution in [3.63, 3.8) is 0 Å². The third-order valence-corrected chi connectivity index (χ3v) is 4.37. The highest BCUT2D eigenvalue weighted by molar-refractivity contribution is 7.22. The minimum absolute atomic E-state index is 0.0721. The fraction of sp³-hybridized carbons (Fsp3) is 0.0769. The number of hydrogen-bond acceptors (Lipinski definition) is 4. The molecule has 3 rings (SSSR count). The van der Waals surface area contributed by atoms with Crippen molar-refractivity contribution in [3.05, 3.63) is 46.2 Å². The minimum Gasteiger partial charge on any atom is -0.302 e. The lowest BCUT2D eigenvalue weighted by atomic mass is 10.3. The van der Waals surface area contributed by atoms with Crippen molar-refractivity contribution in [1.82, 2.24) is 4.98 Å². The molecule has 3 nitrogen and oxygen atoms in total. The molecule has 1 aromatic carbocycles. The average Bonchev–Trinajstić information content (AvgIpc) is 2.98. The number of anilines is 1. The number of carbonyl (C=O) groups excluding carboxylic acids is 1. The molecule has 0 aliphatic carbocycles. The second-order valence-corrected chi connectivity index (χ2v) is 6.12. The first-order valence-electron chi connectivity index (χ1n) is 5.69. The second-order valence-electron chi connectivity index (χ2n) is 4.06. The summed E-state index contributed by atoms with van der Waals surface area (Å²) < 4.78 is 26.9. The number of amides is 1. The number of rotatable bonds is 3. The van der Waals surface area contributed by atoms with Gasteiger partial charge in [0, 0.05) is 10.9 Å². The Balaban J connectivity index is 1.81. The summed E-state index contributed by atoms with van der Waals surface area (Å²) in [7, 11) is 0. The molecule has 0 atom stereocenters. The molecule has 3 aromatic rings. The van der Waals surface area contributed by atoms with E-state index < -0.39 is 11.6 Å². The number of carbonyl (C=O) groups is 1. The van der Waals surface area contributed by atoms with Crippen LogP contribution in [-0.4, -0.2) is 10.9 Å². The maximum Gasteiger partial charge on any atom is 0.231 e. The Bertz CT molecular complexity index is 768. The van der Waals surface area contributed by atoms with Crippen LogP contribution in [0.1, 0.15) is 4.88 Å². The van der Waals surface area contributed by atoms with Crippen LogP contribution in [0.25, 0.3) is 10.2 Å². The highest BCUT2D eigenvalue weighted by atomic mass is 32.1. The second kappa shape index (κ2) is 5.26. The molecule has 2 aromatic heterocycles. The largest absolute Gasteiger partial charge is 0.302 e. The fourth-order valence-corrected chi connectivity index (χ4v) is 3.37. The smallest absolute Gasteiger partial charge is 0.231 e. The minimum atomic E-state index is -0.727. The molecule has 0 saturated carbocycles. The third kappa shape index (κ3) is 2.68. The van der Waals surface area contributed by atoms with Gasteiger partial charge in [0.1, 0.15) is 11.3 Å². The summed E-state index contributed by atoms with van der Waals surface area (Å²) in [4.78, 5) is 16.7. The molecular formula is C13H8F2N2OS2. The topological polar surface area (TPSA) is 42.0 Å². The van der Waals surface area contributed by atoms with Crippen molar-refractivity contribution in [2.24, 2.45) is 0 Å².